The third kappa shape index (κ3) is 2.95. The summed E-state index contributed by atoms with van der Waals surface area (Å²) >= 11 is 1.80. The van der Waals surface area contributed by atoms with Gasteiger partial charge in [0.15, 0.2) is 0 Å². The van der Waals surface area contributed by atoms with Crippen molar-refractivity contribution in [2.45, 2.75) is 17.5 Å². The quantitative estimate of drug-likeness (QED) is 0.676. The molecule has 2 unspecified atom stereocenters. The third-order valence-electron chi connectivity index (χ3n) is 3.81. The van der Waals surface area contributed by atoms with Crippen molar-refractivity contribution in [2.75, 3.05) is 26.0 Å². The Labute approximate surface area is 123 Å². The number of rotatable bonds is 5. The van der Waals surface area contributed by atoms with Crippen LogP contribution < -0.4 is 5.32 Å². The maximum absolute atomic E-state index is 5.49. The van der Waals surface area contributed by atoms with Gasteiger partial charge in [0.2, 0.25) is 0 Å². The molecule has 20 heavy (non-hydrogen) atoms. The minimum absolute atomic E-state index is 0.469. The molecule has 0 saturated carbocycles. The number of hydrogen-bond acceptors (Lipinski definition) is 5. The van der Waals surface area contributed by atoms with Gasteiger partial charge in [-0.25, -0.2) is 9.97 Å². The maximum atomic E-state index is 5.49. The monoisotopic (exact) mass is 289 g/mol. The molecule has 0 amide bonds. The lowest BCUT2D eigenvalue weighted by Crippen LogP contribution is -2.36. The van der Waals surface area contributed by atoms with Gasteiger partial charge in [0.25, 0.3) is 0 Å². The zero-order valence-corrected chi connectivity index (χ0v) is 12.4. The number of aromatic nitrogens is 2. The van der Waals surface area contributed by atoms with Crippen LogP contribution in [0.1, 0.15) is 6.42 Å². The highest BCUT2D eigenvalue weighted by Gasteiger charge is 2.24. The molecule has 0 radical (unpaired) electrons. The van der Waals surface area contributed by atoms with E-state index in [-0.39, 0.29) is 0 Å². The molecular formula is C15H19N3OS. The molecular weight excluding hydrogens is 270 g/mol. The number of ether oxygens (including phenoxy) is 1. The Balaban J connectivity index is 1.72. The van der Waals surface area contributed by atoms with E-state index in [9.17, 15) is 0 Å². The summed E-state index contributed by atoms with van der Waals surface area (Å²) in [6, 6.07) is 8.63. The Hall–Kier alpha value is -1.17. The second-order valence-electron chi connectivity index (χ2n) is 5.03. The molecule has 2 aromatic rings. The topological polar surface area (TPSA) is 47.0 Å². The van der Waals surface area contributed by atoms with Crippen LogP contribution in [0.2, 0.25) is 0 Å². The average Bonchev–Trinajstić information content (AvgIpc) is 3.02. The van der Waals surface area contributed by atoms with Crippen molar-refractivity contribution < 1.29 is 4.74 Å². The van der Waals surface area contributed by atoms with Crippen molar-refractivity contribution in [1.29, 1.82) is 0 Å². The van der Waals surface area contributed by atoms with Gasteiger partial charge in [-0.3, -0.25) is 0 Å². The first kappa shape index (κ1) is 13.8. The molecule has 106 valence electrons. The summed E-state index contributed by atoms with van der Waals surface area (Å²) in [6.45, 7) is 1.76. The average molecular weight is 289 g/mol. The third-order valence-corrected chi connectivity index (χ3v) is 4.94. The Bertz CT molecular complexity index is 567. The van der Waals surface area contributed by atoms with Crippen LogP contribution >= 0.6 is 11.8 Å². The molecule has 2 heterocycles. The zero-order valence-electron chi connectivity index (χ0n) is 11.6. The van der Waals surface area contributed by atoms with Crippen molar-refractivity contribution in [3.63, 3.8) is 0 Å². The molecule has 1 N–H and O–H groups in total. The number of para-hydroxylation sites is 1. The largest absolute Gasteiger partial charge is 0.381 e. The molecule has 1 aromatic heterocycles. The Morgan fingerprint density at radius 3 is 3.10 bits per heavy atom. The molecule has 1 saturated heterocycles. The normalized spacial score (nSPS) is 20.4. The molecule has 1 aromatic carbocycles. The second-order valence-corrected chi connectivity index (χ2v) is 6.03. The second kappa shape index (κ2) is 6.52. The van der Waals surface area contributed by atoms with Gasteiger partial charge in [0.05, 0.1) is 12.1 Å². The maximum Gasteiger partial charge on any atom is 0.117 e. The van der Waals surface area contributed by atoms with Gasteiger partial charge in [0.1, 0.15) is 11.4 Å². The van der Waals surface area contributed by atoms with Gasteiger partial charge in [-0.05, 0) is 19.5 Å². The van der Waals surface area contributed by atoms with Gasteiger partial charge in [-0.2, -0.15) is 0 Å². The fraction of sp³-hybridized carbons (Fsp3) is 0.467. The van der Waals surface area contributed by atoms with E-state index in [2.05, 4.69) is 21.4 Å². The first-order valence-corrected chi connectivity index (χ1v) is 7.94. The Morgan fingerprint density at radius 2 is 2.30 bits per heavy atom. The van der Waals surface area contributed by atoms with Crippen LogP contribution in [0, 0.1) is 5.92 Å². The smallest absolute Gasteiger partial charge is 0.117 e. The number of nitrogens with one attached hydrogen (secondary N) is 1. The summed E-state index contributed by atoms with van der Waals surface area (Å²) in [5.41, 5.74) is 1.01. The predicted octanol–water partition coefficient (Wildman–Crippen LogP) is 2.35. The first-order chi connectivity index (χ1) is 9.88. The van der Waals surface area contributed by atoms with Gasteiger partial charge in [-0.15, -0.1) is 11.8 Å². The lowest BCUT2D eigenvalue weighted by molar-refractivity contribution is 0.180. The summed E-state index contributed by atoms with van der Waals surface area (Å²) in [5.74, 6) is 1.62. The number of nitrogens with zero attached hydrogens (tertiary/aromatic N) is 2. The molecule has 5 heteroatoms. The van der Waals surface area contributed by atoms with Crippen molar-refractivity contribution in [1.82, 2.24) is 15.3 Å². The summed E-state index contributed by atoms with van der Waals surface area (Å²) in [6.07, 6.45) is 2.80. The highest BCUT2D eigenvalue weighted by Crippen LogP contribution is 2.27. The van der Waals surface area contributed by atoms with Gasteiger partial charge in [-0.1, -0.05) is 18.2 Å². The van der Waals surface area contributed by atoms with Crippen LogP contribution in [0.15, 0.2) is 35.6 Å². The lowest BCUT2D eigenvalue weighted by Gasteiger charge is -2.21. The highest BCUT2D eigenvalue weighted by atomic mass is 32.2. The van der Waals surface area contributed by atoms with E-state index in [1.54, 1.807) is 18.1 Å². The fourth-order valence-electron chi connectivity index (χ4n) is 2.59. The van der Waals surface area contributed by atoms with E-state index in [1.165, 1.54) is 0 Å². The number of benzene rings is 1. The summed E-state index contributed by atoms with van der Waals surface area (Å²) in [4.78, 5) is 8.74. The van der Waals surface area contributed by atoms with E-state index < -0.39 is 0 Å². The molecule has 1 aliphatic heterocycles. The van der Waals surface area contributed by atoms with E-state index in [0.717, 1.165) is 41.3 Å². The van der Waals surface area contributed by atoms with E-state index in [0.29, 0.717) is 12.0 Å². The van der Waals surface area contributed by atoms with Gasteiger partial charge in [0, 0.05) is 29.7 Å². The Morgan fingerprint density at radius 1 is 1.40 bits per heavy atom. The van der Waals surface area contributed by atoms with Crippen LogP contribution in [0.25, 0.3) is 10.9 Å². The predicted molar refractivity (Wildman–Crippen MR) is 82.0 cm³/mol. The summed E-state index contributed by atoms with van der Waals surface area (Å²) < 4.78 is 5.49. The molecule has 0 bridgehead atoms. The molecule has 2 atom stereocenters. The summed E-state index contributed by atoms with van der Waals surface area (Å²) in [5, 5.41) is 5.62. The van der Waals surface area contributed by atoms with Crippen molar-refractivity contribution in [3.05, 3.63) is 30.6 Å². The van der Waals surface area contributed by atoms with Gasteiger partial charge >= 0.3 is 0 Å². The highest BCUT2D eigenvalue weighted by molar-refractivity contribution is 7.99. The molecule has 1 aliphatic rings. The van der Waals surface area contributed by atoms with Crippen LogP contribution in [-0.2, 0) is 4.74 Å². The van der Waals surface area contributed by atoms with Crippen LogP contribution in [-0.4, -0.2) is 42.0 Å². The Kier molecular flexibility index (Phi) is 4.50. The SMILES string of the molecule is CNC(CSc1ncnc2ccccc12)C1CCOC1. The summed E-state index contributed by atoms with van der Waals surface area (Å²) in [7, 11) is 2.03. The standard InChI is InChI=1S/C15H19N3OS/c1-16-14(11-6-7-19-8-11)9-20-15-12-4-2-3-5-13(12)17-10-18-15/h2-5,10-11,14,16H,6-9H2,1H3. The van der Waals surface area contributed by atoms with E-state index in [4.69, 9.17) is 4.74 Å². The first-order valence-electron chi connectivity index (χ1n) is 6.96. The van der Waals surface area contributed by atoms with Crippen molar-refractivity contribution >= 4 is 22.7 Å². The van der Waals surface area contributed by atoms with E-state index in [1.807, 2.05) is 25.2 Å². The minimum Gasteiger partial charge on any atom is -0.381 e. The van der Waals surface area contributed by atoms with Crippen LogP contribution in [0.3, 0.4) is 0 Å². The zero-order chi connectivity index (χ0) is 13.8. The van der Waals surface area contributed by atoms with Crippen molar-refractivity contribution in [2.24, 2.45) is 5.92 Å². The lowest BCUT2D eigenvalue weighted by atomic mass is 10.0. The van der Waals surface area contributed by atoms with E-state index >= 15 is 0 Å². The minimum atomic E-state index is 0.469. The molecule has 3 rings (SSSR count). The molecule has 0 spiro atoms. The number of hydrogen-bond donors (Lipinski definition) is 1. The molecule has 0 aliphatic carbocycles. The number of fused-ring (bicyclic) bond motifs is 1. The van der Waals surface area contributed by atoms with Crippen LogP contribution in [0.5, 0.6) is 0 Å². The van der Waals surface area contributed by atoms with Gasteiger partial charge < -0.3 is 10.1 Å². The molecule has 1 fully saturated rings. The molecule has 4 nitrogen and oxygen atoms in total. The number of thioether (sulfide) groups is 1. The van der Waals surface area contributed by atoms with Crippen LogP contribution in [0.4, 0.5) is 0 Å². The van der Waals surface area contributed by atoms with Crippen molar-refractivity contribution in [3.8, 4) is 0 Å². The fourth-order valence-corrected chi connectivity index (χ4v) is 3.82.